The summed E-state index contributed by atoms with van der Waals surface area (Å²) in [5, 5.41) is 4.79. The number of halogens is 2. The van der Waals surface area contributed by atoms with Gasteiger partial charge < -0.3 is 5.32 Å². The molecule has 1 aliphatic carbocycles. The highest BCUT2D eigenvalue weighted by molar-refractivity contribution is 6.34. The van der Waals surface area contributed by atoms with E-state index in [2.05, 4.69) is 31.1 Å². The largest absolute Gasteiger partial charge is 0.361 e. The summed E-state index contributed by atoms with van der Waals surface area (Å²) in [5.74, 6) is 0.478. The van der Waals surface area contributed by atoms with Crippen LogP contribution in [0.3, 0.4) is 0 Å². The number of benzene rings is 2. The zero-order valence-corrected chi connectivity index (χ0v) is 18.1. The van der Waals surface area contributed by atoms with E-state index in [1.54, 1.807) is 0 Å². The predicted molar refractivity (Wildman–Crippen MR) is 123 cm³/mol. The van der Waals surface area contributed by atoms with Gasteiger partial charge in [0.25, 0.3) is 0 Å². The number of anilines is 1. The fourth-order valence-electron chi connectivity index (χ4n) is 3.24. The van der Waals surface area contributed by atoms with E-state index in [0.29, 0.717) is 10.9 Å². The van der Waals surface area contributed by atoms with Crippen molar-refractivity contribution in [3.8, 4) is 0 Å². The van der Waals surface area contributed by atoms with Crippen molar-refractivity contribution in [3.63, 3.8) is 0 Å². The second-order valence-electron chi connectivity index (χ2n) is 8.20. The third kappa shape index (κ3) is 5.27. The minimum absolute atomic E-state index is 0.174. The van der Waals surface area contributed by atoms with Crippen LogP contribution < -0.4 is 5.32 Å². The molecule has 146 valence electrons. The van der Waals surface area contributed by atoms with E-state index < -0.39 is 0 Å². The van der Waals surface area contributed by atoms with E-state index in [-0.39, 0.29) is 5.41 Å². The van der Waals surface area contributed by atoms with E-state index >= 15 is 0 Å². The Hall–Kier alpha value is -2.03. The molecule has 0 aromatic heterocycles. The Morgan fingerprint density at radius 2 is 1.64 bits per heavy atom. The van der Waals surface area contributed by atoms with E-state index in [1.165, 1.54) is 0 Å². The van der Waals surface area contributed by atoms with Crippen LogP contribution in [0.25, 0.3) is 0 Å². The van der Waals surface area contributed by atoms with Gasteiger partial charge in [-0.2, -0.15) is 0 Å². The molecule has 2 nitrogen and oxygen atoms in total. The second-order valence-corrected chi connectivity index (χ2v) is 8.99. The highest BCUT2D eigenvalue weighted by Crippen LogP contribution is 2.43. The van der Waals surface area contributed by atoms with Gasteiger partial charge in [-0.3, -0.25) is 4.99 Å². The summed E-state index contributed by atoms with van der Waals surface area (Å²) >= 11 is 13.0. The maximum atomic E-state index is 6.78. The van der Waals surface area contributed by atoms with Gasteiger partial charge in [-0.25, -0.2) is 0 Å². The Morgan fingerprint density at radius 3 is 2.32 bits per heavy atom. The molecule has 0 aliphatic heterocycles. The van der Waals surface area contributed by atoms with Crippen LogP contribution in [0.15, 0.2) is 82.0 Å². The van der Waals surface area contributed by atoms with Gasteiger partial charge >= 0.3 is 0 Å². The maximum Gasteiger partial charge on any atom is 0.0815 e. The monoisotopic (exact) mass is 412 g/mol. The lowest BCUT2D eigenvalue weighted by Gasteiger charge is -2.35. The molecule has 28 heavy (non-hydrogen) atoms. The molecule has 0 radical (unpaired) electrons. The highest BCUT2D eigenvalue weighted by Gasteiger charge is 2.31. The van der Waals surface area contributed by atoms with Crippen LogP contribution in [0.5, 0.6) is 0 Å². The number of aliphatic imine (C=N–C) groups is 1. The highest BCUT2D eigenvalue weighted by atomic mass is 35.5. The smallest absolute Gasteiger partial charge is 0.0815 e. The molecule has 1 N–H and O–H groups in total. The van der Waals surface area contributed by atoms with Crippen molar-refractivity contribution in [3.05, 3.63) is 82.0 Å². The van der Waals surface area contributed by atoms with Crippen LogP contribution in [0.2, 0.25) is 5.02 Å². The summed E-state index contributed by atoms with van der Waals surface area (Å²) in [7, 11) is 0. The molecule has 1 aliphatic rings. The normalized spacial score (nSPS) is 19.5. The van der Waals surface area contributed by atoms with Gasteiger partial charge in [-0.1, -0.05) is 74.3 Å². The third-order valence-corrected chi connectivity index (χ3v) is 5.93. The van der Waals surface area contributed by atoms with Gasteiger partial charge in [0.1, 0.15) is 0 Å². The molecule has 1 unspecified atom stereocenters. The lowest BCUT2D eigenvalue weighted by molar-refractivity contribution is 0.235. The van der Waals surface area contributed by atoms with Gasteiger partial charge in [0, 0.05) is 23.1 Å². The first-order valence-corrected chi connectivity index (χ1v) is 10.3. The summed E-state index contributed by atoms with van der Waals surface area (Å²) in [4.78, 5) is 4.60. The fourth-order valence-corrected chi connectivity index (χ4v) is 3.68. The molecule has 0 saturated carbocycles. The van der Waals surface area contributed by atoms with Gasteiger partial charge in [0.05, 0.1) is 10.7 Å². The molecular formula is C24H26Cl2N2. The van der Waals surface area contributed by atoms with Crippen molar-refractivity contribution in [1.82, 2.24) is 0 Å². The predicted octanol–water partition coefficient (Wildman–Crippen LogP) is 7.99. The minimum Gasteiger partial charge on any atom is -0.361 e. The quantitative estimate of drug-likeness (QED) is 0.505. The number of para-hydroxylation sites is 2. The zero-order chi connectivity index (χ0) is 20.1. The summed E-state index contributed by atoms with van der Waals surface area (Å²) in [5.41, 5.74) is 4.13. The summed E-state index contributed by atoms with van der Waals surface area (Å²) in [6.07, 6.45) is 5.74. The number of nitrogens with one attached hydrogen (secondary N) is 1. The first-order valence-electron chi connectivity index (χ1n) is 9.53. The molecule has 0 bridgehead atoms. The molecule has 2 aromatic rings. The van der Waals surface area contributed by atoms with Gasteiger partial charge in [-0.15, -0.1) is 0 Å². The Morgan fingerprint density at radius 1 is 0.964 bits per heavy atom. The Labute approximate surface area is 178 Å². The number of nitrogens with zero attached hydrogens (tertiary/aromatic N) is 1. The first kappa shape index (κ1) is 20.7. The molecule has 0 saturated heterocycles. The molecular weight excluding hydrogens is 387 g/mol. The van der Waals surface area contributed by atoms with Crippen LogP contribution in [0.4, 0.5) is 11.4 Å². The molecule has 2 aromatic carbocycles. The summed E-state index contributed by atoms with van der Waals surface area (Å²) in [6, 6.07) is 17.7. The number of hydrogen-bond donors (Lipinski definition) is 1. The SMILES string of the molecule is CC(C)(C)C1CC(C=Nc2ccccc2Cl)=C(Cl)/C(=C/Nc2ccccc2)C1. The third-order valence-electron chi connectivity index (χ3n) is 5.12. The molecule has 0 heterocycles. The van der Waals surface area contributed by atoms with Crippen molar-refractivity contribution in [1.29, 1.82) is 0 Å². The van der Waals surface area contributed by atoms with Crippen LogP contribution in [0, 0.1) is 11.3 Å². The molecule has 0 spiro atoms. The van der Waals surface area contributed by atoms with E-state index in [1.807, 2.05) is 67.0 Å². The zero-order valence-electron chi connectivity index (χ0n) is 16.5. The van der Waals surface area contributed by atoms with Crippen LogP contribution >= 0.6 is 23.2 Å². The van der Waals surface area contributed by atoms with Gasteiger partial charge in [-0.05, 0) is 59.6 Å². The van der Waals surface area contributed by atoms with Crippen molar-refractivity contribution in [2.45, 2.75) is 33.6 Å². The lowest BCUT2D eigenvalue weighted by Crippen LogP contribution is -2.25. The van der Waals surface area contributed by atoms with Crippen LogP contribution in [0.1, 0.15) is 33.6 Å². The van der Waals surface area contributed by atoms with Crippen molar-refractivity contribution in [2.24, 2.45) is 16.3 Å². The van der Waals surface area contributed by atoms with Crippen LogP contribution in [-0.2, 0) is 0 Å². The van der Waals surface area contributed by atoms with E-state index in [9.17, 15) is 0 Å². The summed E-state index contributed by atoms with van der Waals surface area (Å²) < 4.78 is 0. The van der Waals surface area contributed by atoms with Gasteiger partial charge in [0.2, 0.25) is 0 Å². The Bertz CT molecular complexity index is 906. The molecule has 0 amide bonds. The summed E-state index contributed by atoms with van der Waals surface area (Å²) in [6.45, 7) is 6.84. The van der Waals surface area contributed by atoms with Crippen LogP contribution in [-0.4, -0.2) is 6.21 Å². The first-order chi connectivity index (χ1) is 13.3. The van der Waals surface area contributed by atoms with Crippen molar-refractivity contribution < 1.29 is 0 Å². The van der Waals surface area contributed by atoms with E-state index in [0.717, 1.165) is 40.4 Å². The molecule has 3 rings (SSSR count). The lowest BCUT2D eigenvalue weighted by atomic mass is 9.71. The average Bonchev–Trinajstić information content (AvgIpc) is 2.67. The number of rotatable bonds is 4. The molecule has 1 atom stereocenters. The van der Waals surface area contributed by atoms with Crippen molar-refractivity contribution in [2.75, 3.05) is 5.32 Å². The van der Waals surface area contributed by atoms with Gasteiger partial charge in [0.15, 0.2) is 0 Å². The van der Waals surface area contributed by atoms with Crippen molar-refractivity contribution >= 4 is 40.8 Å². The molecule has 4 heteroatoms. The number of allylic oxidation sites excluding steroid dienone is 3. The average molecular weight is 413 g/mol. The fraction of sp³-hybridized carbons (Fsp3) is 0.292. The second kappa shape index (κ2) is 8.98. The topological polar surface area (TPSA) is 24.4 Å². The molecule has 0 fully saturated rings. The standard InChI is InChI=1S/C24H26Cl2N2/c1-24(2,3)19-13-17(15-27-20-9-5-4-6-10-20)23(26)18(14-19)16-28-22-12-8-7-11-21(22)25/h4-12,15-16,19,27H,13-14H2,1-3H3/b17-15+,28-16?. The van der Waals surface area contributed by atoms with E-state index in [4.69, 9.17) is 23.2 Å². The Kier molecular flexibility index (Phi) is 6.64. The number of hydrogen-bond acceptors (Lipinski definition) is 2. The maximum absolute atomic E-state index is 6.78. The minimum atomic E-state index is 0.174. The Balaban J connectivity index is 1.91.